The molecule has 1 aromatic carbocycles. The van der Waals surface area contributed by atoms with Gasteiger partial charge in [-0.05, 0) is 47.5 Å². The van der Waals surface area contributed by atoms with Crippen LogP contribution in [-0.2, 0) is 0 Å². The maximum Gasteiger partial charge on any atom is 0.407 e. The summed E-state index contributed by atoms with van der Waals surface area (Å²) in [6, 6.07) is 0.502. The van der Waals surface area contributed by atoms with Crippen molar-refractivity contribution < 1.29 is 22.6 Å². The summed E-state index contributed by atoms with van der Waals surface area (Å²) in [5, 5.41) is 0. The molecule has 2 N–H and O–H groups in total. The minimum absolute atomic E-state index is 0.0775. The van der Waals surface area contributed by atoms with Gasteiger partial charge in [-0.25, -0.2) is 0 Å². The van der Waals surface area contributed by atoms with Gasteiger partial charge in [-0.2, -0.15) is 13.2 Å². The highest BCUT2D eigenvalue weighted by atomic mass is 79.9. The number of nitrogens with two attached hydrogens (primary N) is 1. The Kier molecular flexibility index (Phi) is 5.49. The predicted octanol–water partition coefficient (Wildman–Crippen LogP) is 3.81. The van der Waals surface area contributed by atoms with Crippen molar-refractivity contribution in [2.45, 2.75) is 26.1 Å². The maximum absolute atomic E-state index is 12.6. The molecule has 1 rings (SSSR count). The molecule has 0 aliphatic carbocycles. The molecule has 0 spiro atoms. The Morgan fingerprint density at radius 1 is 1.21 bits per heavy atom. The van der Waals surface area contributed by atoms with Crippen LogP contribution in [0.25, 0.3) is 0 Å². The van der Waals surface area contributed by atoms with Gasteiger partial charge in [-0.15, -0.1) is 0 Å². The summed E-state index contributed by atoms with van der Waals surface area (Å²) in [6.45, 7) is 4.21. The average Bonchev–Trinajstić information content (AvgIpc) is 2.31. The number of alkyl halides is 3. The van der Waals surface area contributed by atoms with Gasteiger partial charge >= 0.3 is 6.18 Å². The molecule has 0 unspecified atom stereocenters. The predicted molar refractivity (Wildman–Crippen MR) is 69.5 cm³/mol. The third kappa shape index (κ3) is 4.01. The van der Waals surface area contributed by atoms with Crippen molar-refractivity contribution in [3.63, 3.8) is 0 Å². The van der Waals surface area contributed by atoms with Crippen LogP contribution < -0.4 is 15.2 Å². The van der Waals surface area contributed by atoms with Crippen LogP contribution in [0.15, 0.2) is 16.6 Å². The van der Waals surface area contributed by atoms with E-state index in [4.69, 9.17) is 15.2 Å². The molecule has 0 saturated carbocycles. The molecular weight excluding hydrogens is 327 g/mol. The number of benzene rings is 1. The highest BCUT2D eigenvalue weighted by Crippen LogP contribution is 2.40. The van der Waals surface area contributed by atoms with Crippen LogP contribution in [0.3, 0.4) is 0 Å². The SMILES string of the molecule is CCOc1cc([C@H](N)C(F)(F)F)cc(Br)c1OCC. The largest absolute Gasteiger partial charge is 0.490 e. The number of rotatable bonds is 5. The summed E-state index contributed by atoms with van der Waals surface area (Å²) in [4.78, 5) is 0. The fraction of sp³-hybridized carbons (Fsp3) is 0.500. The van der Waals surface area contributed by atoms with E-state index in [0.717, 1.165) is 0 Å². The Balaban J connectivity index is 3.23. The first-order valence-electron chi connectivity index (χ1n) is 5.72. The zero-order valence-corrected chi connectivity index (χ0v) is 12.1. The van der Waals surface area contributed by atoms with Gasteiger partial charge in [0.2, 0.25) is 0 Å². The van der Waals surface area contributed by atoms with Crippen molar-refractivity contribution >= 4 is 15.9 Å². The molecule has 0 radical (unpaired) electrons. The molecule has 0 heterocycles. The second kappa shape index (κ2) is 6.47. The molecule has 0 saturated heterocycles. The molecule has 0 amide bonds. The summed E-state index contributed by atoms with van der Waals surface area (Å²) in [5.41, 5.74) is 5.11. The lowest BCUT2D eigenvalue weighted by Crippen LogP contribution is -2.28. The molecule has 0 aromatic heterocycles. The van der Waals surface area contributed by atoms with E-state index in [0.29, 0.717) is 23.4 Å². The van der Waals surface area contributed by atoms with Gasteiger partial charge < -0.3 is 15.2 Å². The highest BCUT2D eigenvalue weighted by Gasteiger charge is 2.38. The summed E-state index contributed by atoms with van der Waals surface area (Å²) in [5.74, 6) is 0.621. The maximum atomic E-state index is 12.6. The van der Waals surface area contributed by atoms with Crippen LogP contribution in [0.2, 0.25) is 0 Å². The van der Waals surface area contributed by atoms with Gasteiger partial charge in [-0.3, -0.25) is 0 Å². The van der Waals surface area contributed by atoms with Gasteiger partial charge in [0.25, 0.3) is 0 Å². The minimum Gasteiger partial charge on any atom is -0.490 e. The lowest BCUT2D eigenvalue weighted by molar-refractivity contribution is -0.149. The van der Waals surface area contributed by atoms with Crippen molar-refractivity contribution in [1.29, 1.82) is 0 Å². The second-order valence-electron chi connectivity index (χ2n) is 3.72. The molecule has 0 aliphatic rings. The van der Waals surface area contributed by atoms with E-state index >= 15 is 0 Å². The zero-order chi connectivity index (χ0) is 14.6. The van der Waals surface area contributed by atoms with Gasteiger partial charge in [0.05, 0.1) is 17.7 Å². The topological polar surface area (TPSA) is 44.5 Å². The summed E-state index contributed by atoms with van der Waals surface area (Å²) >= 11 is 3.18. The van der Waals surface area contributed by atoms with Crippen molar-refractivity contribution in [2.75, 3.05) is 13.2 Å². The normalized spacial score (nSPS) is 13.2. The van der Waals surface area contributed by atoms with Gasteiger partial charge in [0, 0.05) is 0 Å². The van der Waals surface area contributed by atoms with Crippen LogP contribution >= 0.6 is 15.9 Å². The molecule has 19 heavy (non-hydrogen) atoms. The van der Waals surface area contributed by atoms with Gasteiger partial charge in [-0.1, -0.05) is 0 Å². The molecular formula is C12H15BrF3NO2. The van der Waals surface area contributed by atoms with E-state index in [-0.39, 0.29) is 11.3 Å². The lowest BCUT2D eigenvalue weighted by Gasteiger charge is -2.19. The number of hydrogen-bond donors (Lipinski definition) is 1. The van der Waals surface area contributed by atoms with E-state index in [9.17, 15) is 13.2 Å². The fourth-order valence-corrected chi connectivity index (χ4v) is 2.08. The number of halogens is 4. The summed E-state index contributed by atoms with van der Waals surface area (Å²) in [7, 11) is 0. The molecule has 3 nitrogen and oxygen atoms in total. The van der Waals surface area contributed by atoms with Crippen LogP contribution in [0.4, 0.5) is 13.2 Å². The molecule has 1 aromatic rings. The van der Waals surface area contributed by atoms with E-state index in [1.807, 2.05) is 0 Å². The lowest BCUT2D eigenvalue weighted by atomic mass is 10.1. The Morgan fingerprint density at radius 2 is 1.79 bits per heavy atom. The number of ether oxygens (including phenoxy) is 2. The first-order chi connectivity index (χ1) is 8.81. The smallest absolute Gasteiger partial charge is 0.407 e. The monoisotopic (exact) mass is 341 g/mol. The Bertz CT molecular complexity index is 438. The zero-order valence-electron chi connectivity index (χ0n) is 10.6. The average molecular weight is 342 g/mol. The Morgan fingerprint density at radius 3 is 2.26 bits per heavy atom. The van der Waals surface area contributed by atoms with Crippen molar-refractivity contribution in [1.82, 2.24) is 0 Å². The van der Waals surface area contributed by atoms with E-state index < -0.39 is 12.2 Å². The standard InChI is InChI=1S/C12H15BrF3NO2/c1-3-18-9-6-7(11(17)12(14,15)16)5-8(13)10(9)19-4-2/h5-6,11H,3-4,17H2,1-2H3/t11-/m0/s1. The highest BCUT2D eigenvalue weighted by molar-refractivity contribution is 9.10. The third-order valence-electron chi connectivity index (χ3n) is 2.33. The second-order valence-corrected chi connectivity index (χ2v) is 4.57. The van der Waals surface area contributed by atoms with Crippen molar-refractivity contribution in [3.05, 3.63) is 22.2 Å². The Labute approximate surface area is 118 Å². The third-order valence-corrected chi connectivity index (χ3v) is 2.92. The summed E-state index contributed by atoms with van der Waals surface area (Å²) in [6.07, 6.45) is -4.50. The molecule has 0 aliphatic heterocycles. The molecule has 1 atom stereocenters. The molecule has 0 fully saturated rings. The molecule has 108 valence electrons. The van der Waals surface area contributed by atoms with E-state index in [2.05, 4.69) is 15.9 Å². The van der Waals surface area contributed by atoms with Crippen LogP contribution in [0, 0.1) is 0 Å². The van der Waals surface area contributed by atoms with Gasteiger partial charge in [0.15, 0.2) is 11.5 Å². The quantitative estimate of drug-likeness (QED) is 0.885. The first-order valence-corrected chi connectivity index (χ1v) is 6.51. The molecule has 7 heteroatoms. The van der Waals surface area contributed by atoms with E-state index in [1.54, 1.807) is 13.8 Å². The Hall–Kier alpha value is -0.950. The summed E-state index contributed by atoms with van der Waals surface area (Å²) < 4.78 is 48.9. The van der Waals surface area contributed by atoms with Crippen molar-refractivity contribution in [3.8, 4) is 11.5 Å². The number of hydrogen-bond acceptors (Lipinski definition) is 3. The molecule has 0 bridgehead atoms. The van der Waals surface area contributed by atoms with Crippen molar-refractivity contribution in [2.24, 2.45) is 5.73 Å². The van der Waals surface area contributed by atoms with E-state index in [1.165, 1.54) is 12.1 Å². The van der Waals surface area contributed by atoms with Gasteiger partial charge in [0.1, 0.15) is 6.04 Å². The fourth-order valence-electron chi connectivity index (χ4n) is 1.50. The minimum atomic E-state index is -4.50. The first kappa shape index (κ1) is 16.1. The van der Waals surface area contributed by atoms with Crippen LogP contribution in [0.5, 0.6) is 11.5 Å². The van der Waals surface area contributed by atoms with Crippen LogP contribution in [0.1, 0.15) is 25.5 Å². The van der Waals surface area contributed by atoms with Crippen LogP contribution in [-0.4, -0.2) is 19.4 Å².